The average molecular weight is 243 g/mol. The van der Waals surface area contributed by atoms with Crippen LogP contribution in [-0.4, -0.2) is 47.8 Å². The Hall–Kier alpha value is -0.810. The maximum Gasteiger partial charge on any atom is 0.410 e. The number of rotatable bonds is 3. The Morgan fingerprint density at radius 1 is 1.41 bits per heavy atom. The summed E-state index contributed by atoms with van der Waals surface area (Å²) in [6, 6.07) is 0.717. The topological polar surface area (TPSA) is 67.6 Å². The standard InChI is InChI=1S/C12H25N3O2/c1-8(13)9(2)14-10-6-15(7-10)11(16)17-12(3,4)5/h8-10,14H,6-7,13H2,1-5H3. The van der Waals surface area contributed by atoms with E-state index in [1.165, 1.54) is 0 Å². The monoisotopic (exact) mass is 243 g/mol. The molecule has 3 N–H and O–H groups in total. The van der Waals surface area contributed by atoms with E-state index >= 15 is 0 Å². The number of nitrogens with one attached hydrogen (secondary N) is 1. The Bertz CT molecular complexity index is 267. The fourth-order valence-corrected chi connectivity index (χ4v) is 1.58. The van der Waals surface area contributed by atoms with Crippen LogP contribution < -0.4 is 11.1 Å². The number of carbonyl (C=O) groups excluding carboxylic acids is 1. The van der Waals surface area contributed by atoms with Crippen LogP contribution in [0.15, 0.2) is 0 Å². The summed E-state index contributed by atoms with van der Waals surface area (Å²) < 4.78 is 5.28. The molecule has 0 aromatic carbocycles. The molecule has 1 aliphatic rings. The second-order valence-electron chi connectivity index (χ2n) is 5.90. The van der Waals surface area contributed by atoms with Gasteiger partial charge in [-0.05, 0) is 34.6 Å². The molecule has 0 aromatic heterocycles. The lowest BCUT2D eigenvalue weighted by atomic mass is 10.1. The van der Waals surface area contributed by atoms with Crippen molar-refractivity contribution >= 4 is 6.09 Å². The molecule has 100 valence electrons. The van der Waals surface area contributed by atoms with Crippen LogP contribution in [0.2, 0.25) is 0 Å². The number of hydrogen-bond donors (Lipinski definition) is 2. The molecular formula is C12H25N3O2. The Kier molecular flexibility index (Phi) is 4.38. The minimum Gasteiger partial charge on any atom is -0.444 e. The van der Waals surface area contributed by atoms with Crippen LogP contribution in [0.4, 0.5) is 4.79 Å². The van der Waals surface area contributed by atoms with Gasteiger partial charge in [0.15, 0.2) is 0 Å². The molecule has 5 heteroatoms. The third kappa shape index (κ3) is 4.52. The molecule has 1 rings (SSSR count). The highest BCUT2D eigenvalue weighted by Crippen LogP contribution is 2.15. The average Bonchev–Trinajstić information content (AvgIpc) is 2.06. The zero-order valence-corrected chi connectivity index (χ0v) is 11.5. The maximum atomic E-state index is 11.7. The zero-order chi connectivity index (χ0) is 13.2. The van der Waals surface area contributed by atoms with Gasteiger partial charge in [-0.2, -0.15) is 0 Å². The molecule has 0 radical (unpaired) electrons. The van der Waals surface area contributed by atoms with Crippen LogP contribution in [-0.2, 0) is 4.74 Å². The molecule has 2 unspecified atom stereocenters. The molecule has 0 saturated carbocycles. The van der Waals surface area contributed by atoms with E-state index in [4.69, 9.17) is 10.5 Å². The van der Waals surface area contributed by atoms with E-state index in [1.807, 2.05) is 27.7 Å². The van der Waals surface area contributed by atoms with Crippen LogP contribution in [0.3, 0.4) is 0 Å². The van der Waals surface area contributed by atoms with Crippen molar-refractivity contribution in [2.45, 2.75) is 58.3 Å². The van der Waals surface area contributed by atoms with Crippen molar-refractivity contribution in [3.63, 3.8) is 0 Å². The second kappa shape index (κ2) is 5.23. The number of carbonyl (C=O) groups is 1. The molecular weight excluding hydrogens is 218 g/mol. The molecule has 0 bridgehead atoms. The molecule has 1 heterocycles. The van der Waals surface area contributed by atoms with Gasteiger partial charge in [-0.25, -0.2) is 4.79 Å². The Morgan fingerprint density at radius 3 is 2.35 bits per heavy atom. The fourth-order valence-electron chi connectivity index (χ4n) is 1.58. The van der Waals surface area contributed by atoms with Crippen molar-refractivity contribution in [2.24, 2.45) is 5.73 Å². The summed E-state index contributed by atoms with van der Waals surface area (Å²) in [5.74, 6) is 0. The van der Waals surface area contributed by atoms with Crippen molar-refractivity contribution < 1.29 is 9.53 Å². The quantitative estimate of drug-likeness (QED) is 0.774. The van der Waals surface area contributed by atoms with Crippen LogP contribution >= 0.6 is 0 Å². The predicted octanol–water partition coefficient (Wildman–Crippen LogP) is 0.931. The molecule has 2 atom stereocenters. The highest BCUT2D eigenvalue weighted by Gasteiger charge is 2.34. The molecule has 1 saturated heterocycles. The van der Waals surface area contributed by atoms with Crippen molar-refractivity contribution in [2.75, 3.05) is 13.1 Å². The summed E-state index contributed by atoms with van der Waals surface area (Å²) in [4.78, 5) is 13.4. The SMILES string of the molecule is CC(N)C(C)NC1CN(C(=O)OC(C)(C)C)C1. The number of nitrogens with two attached hydrogens (primary N) is 1. The second-order valence-corrected chi connectivity index (χ2v) is 5.90. The number of nitrogens with zero attached hydrogens (tertiary/aromatic N) is 1. The van der Waals surface area contributed by atoms with E-state index in [1.54, 1.807) is 4.90 Å². The lowest BCUT2D eigenvalue weighted by Gasteiger charge is -2.41. The van der Waals surface area contributed by atoms with E-state index < -0.39 is 5.60 Å². The molecule has 0 aromatic rings. The summed E-state index contributed by atoms with van der Waals surface area (Å²) in [7, 11) is 0. The van der Waals surface area contributed by atoms with Gasteiger partial charge in [-0.1, -0.05) is 0 Å². The highest BCUT2D eigenvalue weighted by atomic mass is 16.6. The normalized spacial score (nSPS) is 20.7. The summed E-state index contributed by atoms with van der Waals surface area (Å²) in [6.07, 6.45) is -0.232. The molecule has 1 aliphatic heterocycles. The van der Waals surface area contributed by atoms with Crippen molar-refractivity contribution in [3.8, 4) is 0 Å². The van der Waals surface area contributed by atoms with Gasteiger partial charge in [0.25, 0.3) is 0 Å². The van der Waals surface area contributed by atoms with E-state index in [0.29, 0.717) is 19.1 Å². The molecule has 0 aliphatic carbocycles. The first-order valence-corrected chi connectivity index (χ1v) is 6.18. The minimum absolute atomic E-state index is 0.116. The molecule has 1 amide bonds. The lowest BCUT2D eigenvalue weighted by molar-refractivity contribution is 0.00415. The summed E-state index contributed by atoms with van der Waals surface area (Å²) in [5.41, 5.74) is 5.35. The van der Waals surface area contributed by atoms with Crippen LogP contribution in [0.1, 0.15) is 34.6 Å². The number of ether oxygens (including phenoxy) is 1. The summed E-state index contributed by atoms with van der Waals surface area (Å²) in [5, 5.41) is 3.39. The van der Waals surface area contributed by atoms with Gasteiger partial charge in [0.1, 0.15) is 5.60 Å². The third-order valence-corrected chi connectivity index (χ3v) is 2.82. The van der Waals surface area contributed by atoms with Gasteiger partial charge in [-0.3, -0.25) is 0 Å². The van der Waals surface area contributed by atoms with E-state index in [-0.39, 0.29) is 18.2 Å². The van der Waals surface area contributed by atoms with Crippen molar-refractivity contribution in [1.29, 1.82) is 0 Å². The number of likely N-dealkylation sites (tertiary alicyclic amines) is 1. The van der Waals surface area contributed by atoms with Gasteiger partial charge in [0, 0.05) is 31.2 Å². The zero-order valence-electron chi connectivity index (χ0n) is 11.5. The Morgan fingerprint density at radius 2 is 1.94 bits per heavy atom. The number of amides is 1. The molecule has 17 heavy (non-hydrogen) atoms. The van der Waals surface area contributed by atoms with Crippen LogP contribution in [0.5, 0.6) is 0 Å². The first-order chi connectivity index (χ1) is 7.69. The van der Waals surface area contributed by atoms with Crippen molar-refractivity contribution in [1.82, 2.24) is 10.2 Å². The lowest BCUT2D eigenvalue weighted by Crippen LogP contribution is -2.63. The van der Waals surface area contributed by atoms with Gasteiger partial charge >= 0.3 is 6.09 Å². The number of hydrogen-bond acceptors (Lipinski definition) is 4. The largest absolute Gasteiger partial charge is 0.444 e. The minimum atomic E-state index is -0.422. The van der Waals surface area contributed by atoms with E-state index in [0.717, 1.165) is 0 Å². The van der Waals surface area contributed by atoms with Crippen LogP contribution in [0, 0.1) is 0 Å². The molecule has 1 fully saturated rings. The van der Waals surface area contributed by atoms with Crippen molar-refractivity contribution in [3.05, 3.63) is 0 Å². The highest BCUT2D eigenvalue weighted by molar-refractivity contribution is 5.69. The first kappa shape index (κ1) is 14.3. The maximum absolute atomic E-state index is 11.7. The molecule has 0 spiro atoms. The Balaban J connectivity index is 2.25. The smallest absolute Gasteiger partial charge is 0.410 e. The van der Waals surface area contributed by atoms with Gasteiger partial charge in [-0.15, -0.1) is 0 Å². The van der Waals surface area contributed by atoms with Gasteiger partial charge in [0.2, 0.25) is 0 Å². The first-order valence-electron chi connectivity index (χ1n) is 6.18. The molecule has 5 nitrogen and oxygen atoms in total. The predicted molar refractivity (Wildman–Crippen MR) is 67.8 cm³/mol. The summed E-state index contributed by atoms with van der Waals surface area (Å²) in [6.45, 7) is 11.1. The van der Waals surface area contributed by atoms with E-state index in [2.05, 4.69) is 12.2 Å². The van der Waals surface area contributed by atoms with Gasteiger partial charge in [0.05, 0.1) is 0 Å². The Labute approximate surface area is 104 Å². The van der Waals surface area contributed by atoms with Gasteiger partial charge < -0.3 is 20.7 Å². The summed E-state index contributed by atoms with van der Waals surface area (Å²) >= 11 is 0. The third-order valence-electron chi connectivity index (χ3n) is 2.82. The fraction of sp³-hybridized carbons (Fsp3) is 0.917. The van der Waals surface area contributed by atoms with E-state index in [9.17, 15) is 4.79 Å². The van der Waals surface area contributed by atoms with Crippen LogP contribution in [0.25, 0.3) is 0 Å².